The molecule has 14 heteroatoms. The second kappa shape index (κ2) is 8.42. The van der Waals surface area contributed by atoms with Crippen LogP contribution in [0, 0.1) is 20.2 Å². The van der Waals surface area contributed by atoms with Crippen LogP contribution in [0.15, 0.2) is 48.3 Å². The number of non-ortho nitro benzene ring substituents is 1. The topological polar surface area (TPSA) is 146 Å². The van der Waals surface area contributed by atoms with Crippen molar-refractivity contribution >= 4 is 70.9 Å². The van der Waals surface area contributed by atoms with E-state index in [9.17, 15) is 25.0 Å². The van der Waals surface area contributed by atoms with E-state index in [4.69, 9.17) is 4.42 Å². The van der Waals surface area contributed by atoms with Crippen LogP contribution in [0.2, 0.25) is 0 Å². The van der Waals surface area contributed by atoms with E-state index in [-0.39, 0.29) is 28.3 Å². The average Bonchev–Trinajstić information content (AvgIpc) is 3.24. The number of nitrogens with one attached hydrogen (secondary N) is 1. The fourth-order valence-electron chi connectivity index (χ4n) is 2.30. The Hall–Kier alpha value is -2.58. The van der Waals surface area contributed by atoms with E-state index in [1.165, 1.54) is 35.1 Å². The van der Waals surface area contributed by atoms with Crippen LogP contribution >= 0.6 is 47.8 Å². The molecule has 0 fully saturated rings. The summed E-state index contributed by atoms with van der Waals surface area (Å²) in [5.74, 6) is -0.582. The normalized spacial score (nSPS) is 10.7. The van der Waals surface area contributed by atoms with Gasteiger partial charge in [-0.05, 0) is 64.8 Å². The molecule has 1 N–H and O–H groups in total. The van der Waals surface area contributed by atoms with E-state index in [1.807, 2.05) is 0 Å². The van der Waals surface area contributed by atoms with E-state index in [1.54, 1.807) is 0 Å². The number of furan rings is 1. The molecule has 0 radical (unpaired) electrons. The summed E-state index contributed by atoms with van der Waals surface area (Å²) in [6.45, 7) is 0.0740. The number of carbonyl (C=O) groups excluding carboxylic acids is 1. The van der Waals surface area contributed by atoms with Gasteiger partial charge in [0.05, 0.1) is 21.9 Å². The summed E-state index contributed by atoms with van der Waals surface area (Å²) >= 11 is 9.43. The minimum atomic E-state index is -0.623. The minimum absolute atomic E-state index is 0.0159. The highest BCUT2D eigenvalue weighted by Crippen LogP contribution is 2.35. The number of hydrogen-bond acceptors (Lipinski definition) is 7. The molecule has 2 heterocycles. The molecule has 0 unspecified atom stereocenters. The summed E-state index contributed by atoms with van der Waals surface area (Å²) in [6, 6.07) is 5.49. The Kier molecular flexibility index (Phi) is 6.14. The van der Waals surface area contributed by atoms with Gasteiger partial charge in [-0.3, -0.25) is 14.9 Å². The van der Waals surface area contributed by atoms with E-state index in [0.29, 0.717) is 20.4 Å². The molecule has 0 saturated heterocycles. The van der Waals surface area contributed by atoms with Crippen molar-refractivity contribution in [3.63, 3.8) is 0 Å². The molecule has 29 heavy (non-hydrogen) atoms. The first-order valence-corrected chi connectivity index (χ1v) is 9.94. The number of nitro benzene ring substituents is 1. The van der Waals surface area contributed by atoms with Crippen molar-refractivity contribution in [1.29, 1.82) is 0 Å². The molecule has 0 bridgehead atoms. The highest BCUT2D eigenvalue weighted by Gasteiger charge is 2.21. The molecule has 0 aliphatic rings. The largest absolute Gasteiger partial charge is 0.454 e. The number of hydrogen-bond donors (Lipinski definition) is 1. The number of nitrogens with zero attached hydrogens (tertiary/aromatic N) is 4. The summed E-state index contributed by atoms with van der Waals surface area (Å²) in [7, 11) is 0. The van der Waals surface area contributed by atoms with Crippen LogP contribution in [0.25, 0.3) is 0 Å². The lowest BCUT2D eigenvalue weighted by atomic mass is 10.2. The fraction of sp³-hybridized carbons (Fsp3) is 0.0667. The number of aromatic nitrogens is 2. The van der Waals surface area contributed by atoms with Gasteiger partial charge in [0.1, 0.15) is 16.8 Å². The van der Waals surface area contributed by atoms with Crippen LogP contribution in [0.4, 0.5) is 17.2 Å². The van der Waals surface area contributed by atoms with Crippen molar-refractivity contribution in [3.8, 4) is 0 Å². The van der Waals surface area contributed by atoms with Gasteiger partial charge in [-0.15, -0.1) is 0 Å². The van der Waals surface area contributed by atoms with Gasteiger partial charge < -0.3 is 19.8 Å². The lowest BCUT2D eigenvalue weighted by Gasteiger charge is -2.08. The van der Waals surface area contributed by atoms with Gasteiger partial charge in [0.25, 0.3) is 11.6 Å². The van der Waals surface area contributed by atoms with Gasteiger partial charge >= 0.3 is 5.82 Å². The number of amides is 1. The smallest absolute Gasteiger partial charge is 0.404 e. The number of benzene rings is 1. The Bertz CT molecular complexity index is 1120. The van der Waals surface area contributed by atoms with Gasteiger partial charge in [-0.2, -0.15) is 4.68 Å². The number of rotatable bonds is 6. The van der Waals surface area contributed by atoms with Gasteiger partial charge in [0, 0.05) is 21.1 Å². The van der Waals surface area contributed by atoms with Crippen LogP contribution in [0.1, 0.15) is 16.3 Å². The number of nitro groups is 2. The van der Waals surface area contributed by atoms with E-state index in [0.717, 1.165) is 0 Å². The second-order valence-electron chi connectivity index (χ2n) is 5.52. The Morgan fingerprint density at radius 3 is 2.31 bits per heavy atom. The molecule has 0 atom stereocenters. The molecule has 1 aromatic carbocycles. The maximum atomic E-state index is 12.5. The Labute approximate surface area is 186 Å². The lowest BCUT2D eigenvalue weighted by Crippen LogP contribution is -2.12. The highest BCUT2D eigenvalue weighted by molar-refractivity contribution is 9.11. The van der Waals surface area contributed by atoms with E-state index in [2.05, 4.69) is 58.2 Å². The third-order valence-corrected chi connectivity index (χ3v) is 5.36. The standard InChI is InChI=1S/C15H8Br3N5O6/c16-9-3-7(22(25)26)4-10(17)13(9)19-15(24)12-2-1-8(29-12)5-21-6-11(18)14(20-21)23(27)28/h1-4,6H,5H2,(H,19,24). The van der Waals surface area contributed by atoms with Crippen molar-refractivity contribution in [2.75, 3.05) is 5.32 Å². The predicted octanol–water partition coefficient (Wildman–Crippen LogP) is 4.88. The Morgan fingerprint density at radius 1 is 1.10 bits per heavy atom. The van der Waals surface area contributed by atoms with Gasteiger partial charge in [-0.25, -0.2) is 0 Å². The average molecular weight is 594 g/mol. The van der Waals surface area contributed by atoms with Crippen LogP contribution in [0.3, 0.4) is 0 Å². The zero-order valence-corrected chi connectivity index (χ0v) is 18.7. The molecule has 0 spiro atoms. The first-order chi connectivity index (χ1) is 13.7. The SMILES string of the molecule is O=C(Nc1c(Br)cc([N+](=O)[O-])cc1Br)c1ccc(Cn2cc(Br)c([N+](=O)[O-])n2)o1. The predicted molar refractivity (Wildman–Crippen MR) is 111 cm³/mol. The summed E-state index contributed by atoms with van der Waals surface area (Å²) < 4.78 is 7.62. The monoisotopic (exact) mass is 591 g/mol. The molecule has 0 aliphatic heterocycles. The van der Waals surface area contributed by atoms with E-state index >= 15 is 0 Å². The van der Waals surface area contributed by atoms with E-state index < -0.39 is 15.8 Å². The maximum absolute atomic E-state index is 12.5. The van der Waals surface area contributed by atoms with Crippen LogP contribution in [-0.2, 0) is 6.54 Å². The third kappa shape index (κ3) is 4.71. The lowest BCUT2D eigenvalue weighted by molar-refractivity contribution is -0.390. The number of halogens is 3. The van der Waals surface area contributed by atoms with Gasteiger partial charge in [0.2, 0.25) is 0 Å². The molecule has 3 aromatic rings. The van der Waals surface area contributed by atoms with Crippen molar-refractivity contribution in [3.05, 3.63) is 75.6 Å². The Balaban J connectivity index is 1.75. The number of anilines is 1. The summed E-state index contributed by atoms with van der Waals surface area (Å²) in [6.07, 6.45) is 1.42. The van der Waals surface area contributed by atoms with Crippen LogP contribution in [-0.4, -0.2) is 25.5 Å². The van der Waals surface area contributed by atoms with Crippen molar-refractivity contribution in [2.45, 2.75) is 6.54 Å². The van der Waals surface area contributed by atoms with Crippen LogP contribution < -0.4 is 5.32 Å². The third-order valence-electron chi connectivity index (χ3n) is 3.55. The van der Waals surface area contributed by atoms with Gasteiger partial charge in [0.15, 0.2) is 5.76 Å². The zero-order chi connectivity index (χ0) is 21.3. The summed E-state index contributed by atoms with van der Waals surface area (Å²) in [5.41, 5.74) is 0.145. The molecule has 0 saturated carbocycles. The second-order valence-corrected chi connectivity index (χ2v) is 8.08. The zero-order valence-electron chi connectivity index (χ0n) is 14.0. The first kappa shape index (κ1) is 21.1. The molecule has 3 rings (SSSR count). The van der Waals surface area contributed by atoms with Crippen molar-refractivity contribution in [1.82, 2.24) is 9.78 Å². The molecule has 2 aromatic heterocycles. The Morgan fingerprint density at radius 2 is 1.76 bits per heavy atom. The minimum Gasteiger partial charge on any atom is -0.454 e. The molecule has 1 amide bonds. The molecular weight excluding hydrogens is 586 g/mol. The number of carbonyl (C=O) groups is 1. The maximum Gasteiger partial charge on any atom is 0.404 e. The quantitative estimate of drug-likeness (QED) is 0.316. The summed E-state index contributed by atoms with van der Waals surface area (Å²) in [5, 5.41) is 28.1. The molecular formula is C15H8Br3N5O6. The van der Waals surface area contributed by atoms with Crippen molar-refractivity contribution in [2.24, 2.45) is 0 Å². The first-order valence-electron chi connectivity index (χ1n) is 7.56. The molecule has 11 nitrogen and oxygen atoms in total. The van der Waals surface area contributed by atoms with Gasteiger partial charge in [-0.1, -0.05) is 0 Å². The molecule has 0 aliphatic carbocycles. The highest BCUT2D eigenvalue weighted by atomic mass is 79.9. The fourth-order valence-corrected chi connectivity index (χ4v) is 4.12. The summed E-state index contributed by atoms with van der Waals surface area (Å²) in [4.78, 5) is 33.0. The van der Waals surface area contributed by atoms with Crippen molar-refractivity contribution < 1.29 is 19.1 Å². The molecule has 150 valence electrons. The van der Waals surface area contributed by atoms with Crippen LogP contribution in [0.5, 0.6) is 0 Å².